The summed E-state index contributed by atoms with van der Waals surface area (Å²) in [5.41, 5.74) is 0. The van der Waals surface area contributed by atoms with Gasteiger partial charge in [0.25, 0.3) is 5.79 Å². The van der Waals surface area contributed by atoms with E-state index >= 15 is 0 Å². The first-order valence-corrected chi connectivity index (χ1v) is 8.16. The minimum absolute atomic E-state index is 0.737. The van der Waals surface area contributed by atoms with Gasteiger partial charge in [-0.15, -0.1) is 0 Å². The SMILES string of the molecule is O=C(O)C1(O)C[C@H](O)[C@@H](NS)[C@H]([C@H](O)[C@H](O)COP(=O)(O)O)O1. The minimum Gasteiger partial charge on any atom is -0.477 e. The van der Waals surface area contributed by atoms with Gasteiger partial charge in [0.05, 0.1) is 18.8 Å². The van der Waals surface area contributed by atoms with Crippen molar-refractivity contribution in [1.82, 2.24) is 4.72 Å². The number of nitrogens with one attached hydrogen (secondary N) is 1. The average molecular weight is 379 g/mol. The van der Waals surface area contributed by atoms with Crippen LogP contribution in [0.5, 0.6) is 0 Å². The molecule has 0 spiro atoms. The molecule has 1 rings (SSSR count). The molecule has 0 radical (unpaired) electrons. The van der Waals surface area contributed by atoms with Gasteiger partial charge < -0.3 is 40.1 Å². The minimum atomic E-state index is -4.91. The van der Waals surface area contributed by atoms with Crippen molar-refractivity contribution in [3.05, 3.63) is 0 Å². The van der Waals surface area contributed by atoms with Gasteiger partial charge in [-0.1, -0.05) is 12.8 Å². The van der Waals surface area contributed by atoms with Crippen LogP contribution in [0.4, 0.5) is 0 Å². The van der Waals surface area contributed by atoms with Crippen LogP contribution in [0.2, 0.25) is 0 Å². The Morgan fingerprint density at radius 2 is 2.04 bits per heavy atom. The van der Waals surface area contributed by atoms with Crippen LogP contribution in [-0.2, 0) is 18.6 Å². The molecule has 0 aliphatic carbocycles. The van der Waals surface area contributed by atoms with Gasteiger partial charge in [-0.05, 0) is 0 Å². The monoisotopic (exact) mass is 379 g/mol. The molecule has 1 fully saturated rings. The number of aliphatic hydroxyl groups excluding tert-OH is 3. The molecule has 1 aliphatic heterocycles. The Bertz CT molecular complexity index is 474. The number of carboxylic acid groups (broad SMARTS) is 1. The van der Waals surface area contributed by atoms with Crippen LogP contribution in [0, 0.1) is 0 Å². The highest BCUT2D eigenvalue weighted by Crippen LogP contribution is 2.36. The molecular formula is C9H18NO11PS. The van der Waals surface area contributed by atoms with Gasteiger partial charge >= 0.3 is 13.8 Å². The van der Waals surface area contributed by atoms with Gasteiger partial charge in [0.15, 0.2) is 0 Å². The Balaban J connectivity index is 2.90. The first-order chi connectivity index (χ1) is 10.4. The first kappa shape index (κ1) is 20.7. The van der Waals surface area contributed by atoms with E-state index < -0.39 is 63.1 Å². The third-order valence-corrected chi connectivity index (χ3v) is 4.00. The Morgan fingerprint density at radius 1 is 1.48 bits per heavy atom. The molecular weight excluding hydrogens is 361 g/mol. The third-order valence-electron chi connectivity index (χ3n) is 3.21. The van der Waals surface area contributed by atoms with Crippen LogP contribution in [0.15, 0.2) is 0 Å². The second-order valence-electron chi connectivity index (χ2n) is 4.94. The topological polar surface area (TPSA) is 206 Å². The third kappa shape index (κ3) is 5.34. The predicted octanol–water partition coefficient (Wildman–Crippen LogP) is -3.46. The normalized spacial score (nSPS) is 34.8. The Morgan fingerprint density at radius 3 is 2.48 bits per heavy atom. The van der Waals surface area contributed by atoms with Crippen LogP contribution in [-0.4, -0.2) is 84.1 Å². The summed E-state index contributed by atoms with van der Waals surface area (Å²) in [4.78, 5) is 28.1. The summed E-state index contributed by atoms with van der Waals surface area (Å²) in [5.74, 6) is -4.65. The summed E-state index contributed by atoms with van der Waals surface area (Å²) >= 11 is 3.68. The van der Waals surface area contributed by atoms with Gasteiger partial charge in [0.1, 0.15) is 18.3 Å². The van der Waals surface area contributed by atoms with Crippen LogP contribution >= 0.6 is 20.6 Å². The van der Waals surface area contributed by atoms with Crippen molar-refractivity contribution >= 4 is 26.6 Å². The summed E-state index contributed by atoms with van der Waals surface area (Å²) in [6.45, 7) is -1.01. The van der Waals surface area contributed by atoms with E-state index in [4.69, 9.17) is 19.6 Å². The lowest BCUT2D eigenvalue weighted by Gasteiger charge is -2.44. The van der Waals surface area contributed by atoms with E-state index in [-0.39, 0.29) is 0 Å². The molecule has 0 amide bonds. The number of hydrogen-bond donors (Lipinski definition) is 9. The molecule has 1 heterocycles. The smallest absolute Gasteiger partial charge is 0.469 e. The lowest BCUT2D eigenvalue weighted by molar-refractivity contribution is -0.293. The quantitative estimate of drug-likeness (QED) is 0.156. The maximum absolute atomic E-state index is 11.0. The molecule has 23 heavy (non-hydrogen) atoms. The summed E-state index contributed by atoms with van der Waals surface area (Å²) in [5, 5.41) is 48.2. The molecule has 136 valence electrons. The number of phosphoric ester groups is 1. The van der Waals surface area contributed by atoms with Crippen molar-refractivity contribution in [3.8, 4) is 0 Å². The number of carbonyl (C=O) groups is 1. The van der Waals surface area contributed by atoms with Crippen LogP contribution < -0.4 is 4.72 Å². The number of hydrogen-bond acceptors (Lipinski definition) is 10. The molecule has 6 atom stereocenters. The maximum atomic E-state index is 11.0. The summed E-state index contributed by atoms with van der Waals surface area (Å²) in [6.07, 6.45) is -7.81. The van der Waals surface area contributed by atoms with E-state index in [1.165, 1.54) is 0 Å². The van der Waals surface area contributed by atoms with Crippen molar-refractivity contribution in [2.45, 2.75) is 42.7 Å². The Hall–Kier alpha value is -0.310. The number of aliphatic carboxylic acids is 1. The Kier molecular flexibility index (Phi) is 6.96. The van der Waals surface area contributed by atoms with Crippen LogP contribution in [0.1, 0.15) is 6.42 Å². The maximum Gasteiger partial charge on any atom is 0.469 e. The fourth-order valence-electron chi connectivity index (χ4n) is 2.05. The molecule has 0 saturated carbocycles. The Labute approximate surface area is 135 Å². The van der Waals surface area contributed by atoms with E-state index in [0.29, 0.717) is 0 Å². The lowest BCUT2D eigenvalue weighted by atomic mass is 9.89. The summed E-state index contributed by atoms with van der Waals surface area (Å²) in [7, 11) is -4.91. The largest absolute Gasteiger partial charge is 0.477 e. The van der Waals surface area contributed by atoms with E-state index in [1.807, 2.05) is 0 Å². The number of thiol groups is 1. The van der Waals surface area contributed by atoms with E-state index in [2.05, 4.69) is 22.1 Å². The average Bonchev–Trinajstić information content (AvgIpc) is 2.42. The summed E-state index contributed by atoms with van der Waals surface area (Å²) in [6, 6.07) is -1.20. The molecule has 0 bridgehead atoms. The molecule has 1 unspecified atom stereocenters. The second kappa shape index (κ2) is 7.72. The molecule has 14 heteroatoms. The first-order valence-electron chi connectivity index (χ1n) is 6.19. The van der Waals surface area contributed by atoms with Gasteiger partial charge in [-0.2, -0.15) is 0 Å². The number of aliphatic hydroxyl groups is 4. The highest BCUT2D eigenvalue weighted by molar-refractivity contribution is 7.78. The zero-order chi connectivity index (χ0) is 18.0. The van der Waals surface area contributed by atoms with E-state index in [1.54, 1.807) is 0 Å². The highest BCUT2D eigenvalue weighted by Gasteiger charge is 2.53. The molecule has 12 nitrogen and oxygen atoms in total. The van der Waals surface area contributed by atoms with Crippen molar-refractivity contribution in [2.24, 2.45) is 0 Å². The number of phosphoric acid groups is 1. The van der Waals surface area contributed by atoms with Gasteiger partial charge in [-0.25, -0.2) is 9.36 Å². The van der Waals surface area contributed by atoms with Gasteiger partial charge in [0, 0.05) is 6.42 Å². The number of carboxylic acids is 1. The molecule has 0 aromatic rings. The number of ether oxygens (including phenoxy) is 1. The zero-order valence-electron chi connectivity index (χ0n) is 11.5. The fraction of sp³-hybridized carbons (Fsp3) is 0.889. The van der Waals surface area contributed by atoms with Crippen molar-refractivity contribution < 1.29 is 53.9 Å². The second-order valence-corrected chi connectivity index (χ2v) is 6.44. The summed E-state index contributed by atoms with van der Waals surface area (Å²) < 4.78 is 21.7. The molecule has 0 aromatic carbocycles. The standard InChI is InChI=1S/C9H18NO11PS/c11-3-1-9(16,8(14)15)21-7(5(3)10-23)6(13)4(12)2-20-22(17,18)19/h3-7,10-13,16,23H,1-2H2,(H,14,15)(H2,17,18,19)/t3-,4+,5+,6+,7+,9?/m0/s1. The number of rotatable bonds is 7. The fourth-order valence-corrected chi connectivity index (χ4v) is 2.71. The van der Waals surface area contributed by atoms with Crippen molar-refractivity contribution in [2.75, 3.05) is 6.61 Å². The van der Waals surface area contributed by atoms with E-state index in [0.717, 1.165) is 0 Å². The van der Waals surface area contributed by atoms with Gasteiger partial charge in [0.2, 0.25) is 0 Å². The van der Waals surface area contributed by atoms with Gasteiger partial charge in [-0.3, -0.25) is 9.25 Å². The van der Waals surface area contributed by atoms with Crippen molar-refractivity contribution in [3.63, 3.8) is 0 Å². The highest BCUT2D eigenvalue weighted by atomic mass is 32.1. The van der Waals surface area contributed by atoms with Crippen molar-refractivity contribution in [1.29, 1.82) is 0 Å². The molecule has 8 N–H and O–H groups in total. The molecule has 1 saturated heterocycles. The van der Waals surface area contributed by atoms with E-state index in [9.17, 15) is 29.8 Å². The molecule has 0 aromatic heterocycles. The predicted molar refractivity (Wildman–Crippen MR) is 74.0 cm³/mol. The van der Waals surface area contributed by atoms with Crippen LogP contribution in [0.25, 0.3) is 0 Å². The van der Waals surface area contributed by atoms with Crippen LogP contribution in [0.3, 0.4) is 0 Å². The lowest BCUT2D eigenvalue weighted by Crippen LogP contribution is -2.65. The zero-order valence-corrected chi connectivity index (χ0v) is 13.2. The molecule has 1 aliphatic rings.